The highest BCUT2D eigenvalue weighted by Gasteiger charge is 2.35. The first kappa shape index (κ1) is 20.3. The van der Waals surface area contributed by atoms with Gasteiger partial charge in [0.05, 0.1) is 0 Å². The Morgan fingerprint density at radius 3 is 2.56 bits per heavy atom. The fourth-order valence-electron chi connectivity index (χ4n) is 4.16. The molecule has 140 valence electrons. The van der Waals surface area contributed by atoms with Crippen LogP contribution in [0.3, 0.4) is 0 Å². The monoisotopic (exact) mass is 458 g/mol. The molecule has 1 saturated heterocycles. The van der Waals surface area contributed by atoms with Gasteiger partial charge in [0.15, 0.2) is 5.96 Å². The van der Waals surface area contributed by atoms with Gasteiger partial charge in [-0.2, -0.15) is 0 Å². The van der Waals surface area contributed by atoms with Crippen LogP contribution in [-0.2, 0) is 6.54 Å². The standard InChI is InChI=1S/C19H30N4O.HI/c1-20-19(23-14-16-8-2-3-9-17(16)15-23)21-11-5-7-13-22-12-6-4-10-18(22)24;/h4,6,10,12,16-17H,2-3,5,7-9,11,13-15H2,1H3,(H,20,21);1H. The molecule has 1 aromatic rings. The van der Waals surface area contributed by atoms with Crippen molar-refractivity contribution in [2.45, 2.75) is 45.1 Å². The molecule has 0 spiro atoms. The van der Waals surface area contributed by atoms with Gasteiger partial charge < -0.3 is 14.8 Å². The first-order chi connectivity index (χ1) is 11.8. The zero-order valence-electron chi connectivity index (χ0n) is 15.2. The van der Waals surface area contributed by atoms with Crippen LogP contribution in [0.5, 0.6) is 0 Å². The summed E-state index contributed by atoms with van der Waals surface area (Å²) in [4.78, 5) is 18.6. The smallest absolute Gasteiger partial charge is 0.250 e. The molecular weight excluding hydrogens is 427 g/mol. The summed E-state index contributed by atoms with van der Waals surface area (Å²) in [5.74, 6) is 2.81. The van der Waals surface area contributed by atoms with E-state index in [0.29, 0.717) is 0 Å². The van der Waals surface area contributed by atoms with Gasteiger partial charge in [0.25, 0.3) is 0 Å². The first-order valence-electron chi connectivity index (χ1n) is 9.39. The second kappa shape index (κ2) is 10.2. The van der Waals surface area contributed by atoms with E-state index in [0.717, 1.165) is 43.7 Å². The van der Waals surface area contributed by atoms with Crippen LogP contribution < -0.4 is 10.9 Å². The topological polar surface area (TPSA) is 49.6 Å². The summed E-state index contributed by atoms with van der Waals surface area (Å²) in [6.45, 7) is 4.04. The molecule has 5 nitrogen and oxygen atoms in total. The first-order valence-corrected chi connectivity index (χ1v) is 9.39. The number of nitrogens with zero attached hydrogens (tertiary/aromatic N) is 3. The zero-order chi connectivity index (χ0) is 16.8. The van der Waals surface area contributed by atoms with Gasteiger partial charge in [-0.05, 0) is 43.6 Å². The number of pyridine rings is 1. The van der Waals surface area contributed by atoms with Gasteiger partial charge in [0.2, 0.25) is 5.56 Å². The van der Waals surface area contributed by atoms with Gasteiger partial charge >= 0.3 is 0 Å². The Balaban J connectivity index is 0.00000225. The van der Waals surface area contributed by atoms with Crippen molar-refractivity contribution >= 4 is 29.9 Å². The van der Waals surface area contributed by atoms with Crippen molar-refractivity contribution in [2.75, 3.05) is 26.7 Å². The Labute approximate surface area is 167 Å². The minimum absolute atomic E-state index is 0. The number of unbranched alkanes of at least 4 members (excludes halogenated alkanes) is 1. The van der Waals surface area contributed by atoms with Crippen molar-refractivity contribution in [3.63, 3.8) is 0 Å². The number of hydrogen-bond donors (Lipinski definition) is 1. The van der Waals surface area contributed by atoms with E-state index in [1.54, 1.807) is 16.7 Å². The lowest BCUT2D eigenvalue weighted by Gasteiger charge is -2.22. The minimum Gasteiger partial charge on any atom is -0.356 e. The van der Waals surface area contributed by atoms with Crippen LogP contribution in [-0.4, -0.2) is 42.1 Å². The van der Waals surface area contributed by atoms with E-state index in [9.17, 15) is 4.79 Å². The molecule has 1 aliphatic carbocycles. The van der Waals surface area contributed by atoms with Crippen molar-refractivity contribution in [3.05, 3.63) is 34.7 Å². The summed E-state index contributed by atoms with van der Waals surface area (Å²) in [7, 11) is 1.88. The van der Waals surface area contributed by atoms with Gasteiger partial charge in [0.1, 0.15) is 0 Å². The number of aromatic nitrogens is 1. The van der Waals surface area contributed by atoms with Crippen LogP contribution >= 0.6 is 24.0 Å². The summed E-state index contributed by atoms with van der Waals surface area (Å²) in [6, 6.07) is 5.32. The minimum atomic E-state index is 0. The SMILES string of the molecule is CN=C(NCCCCn1ccccc1=O)N1CC2CCCCC2C1.I. The third-order valence-corrected chi connectivity index (χ3v) is 5.50. The van der Waals surface area contributed by atoms with Crippen molar-refractivity contribution in [3.8, 4) is 0 Å². The van der Waals surface area contributed by atoms with Crippen molar-refractivity contribution < 1.29 is 0 Å². The van der Waals surface area contributed by atoms with E-state index < -0.39 is 0 Å². The number of aliphatic imine (C=N–C) groups is 1. The van der Waals surface area contributed by atoms with E-state index in [-0.39, 0.29) is 29.5 Å². The number of likely N-dealkylation sites (tertiary alicyclic amines) is 1. The second-order valence-electron chi connectivity index (χ2n) is 7.12. The lowest BCUT2D eigenvalue weighted by Crippen LogP contribution is -2.40. The molecular formula is C19H31IN4O. The van der Waals surface area contributed by atoms with Gasteiger partial charge in [-0.25, -0.2) is 0 Å². The number of hydrogen-bond acceptors (Lipinski definition) is 2. The molecule has 0 amide bonds. The normalized spacial score (nSPS) is 23.1. The third kappa shape index (κ3) is 5.46. The Bertz CT molecular complexity index is 601. The number of halogens is 1. The lowest BCUT2D eigenvalue weighted by molar-refractivity contribution is 0.299. The Morgan fingerprint density at radius 2 is 1.92 bits per heavy atom. The highest BCUT2D eigenvalue weighted by atomic mass is 127. The second-order valence-corrected chi connectivity index (χ2v) is 7.12. The quantitative estimate of drug-likeness (QED) is 0.320. The molecule has 3 rings (SSSR count). The number of fused-ring (bicyclic) bond motifs is 1. The van der Waals surface area contributed by atoms with Crippen LogP contribution in [0.15, 0.2) is 34.2 Å². The van der Waals surface area contributed by atoms with E-state index in [2.05, 4.69) is 15.2 Å². The molecule has 2 unspecified atom stereocenters. The fraction of sp³-hybridized carbons (Fsp3) is 0.684. The highest BCUT2D eigenvalue weighted by molar-refractivity contribution is 14.0. The maximum atomic E-state index is 11.7. The molecule has 2 heterocycles. The van der Waals surface area contributed by atoms with Gasteiger partial charge in [0, 0.05) is 45.5 Å². The summed E-state index contributed by atoms with van der Waals surface area (Å²) in [6.07, 6.45) is 9.49. The van der Waals surface area contributed by atoms with E-state index in [4.69, 9.17) is 0 Å². The molecule has 0 bridgehead atoms. The molecule has 1 N–H and O–H groups in total. The molecule has 0 radical (unpaired) electrons. The predicted octanol–water partition coefficient (Wildman–Crippen LogP) is 2.94. The Kier molecular flexibility index (Phi) is 8.26. The number of nitrogens with one attached hydrogen (secondary N) is 1. The van der Waals surface area contributed by atoms with Crippen LogP contribution in [0.1, 0.15) is 38.5 Å². The van der Waals surface area contributed by atoms with Gasteiger partial charge in [-0.3, -0.25) is 9.79 Å². The van der Waals surface area contributed by atoms with Crippen molar-refractivity contribution in [1.82, 2.24) is 14.8 Å². The number of aryl methyl sites for hydroxylation is 1. The molecule has 2 aliphatic rings. The Morgan fingerprint density at radius 1 is 1.20 bits per heavy atom. The molecule has 1 aromatic heterocycles. The summed E-state index contributed by atoms with van der Waals surface area (Å²) < 4.78 is 1.78. The summed E-state index contributed by atoms with van der Waals surface area (Å²) in [5, 5.41) is 3.51. The number of rotatable bonds is 5. The number of guanidine groups is 1. The van der Waals surface area contributed by atoms with Crippen LogP contribution in [0.2, 0.25) is 0 Å². The molecule has 2 fully saturated rings. The maximum Gasteiger partial charge on any atom is 0.250 e. The third-order valence-electron chi connectivity index (χ3n) is 5.50. The average molecular weight is 458 g/mol. The van der Waals surface area contributed by atoms with Crippen molar-refractivity contribution in [1.29, 1.82) is 0 Å². The molecule has 25 heavy (non-hydrogen) atoms. The van der Waals surface area contributed by atoms with Crippen LogP contribution in [0.4, 0.5) is 0 Å². The molecule has 2 atom stereocenters. The van der Waals surface area contributed by atoms with Crippen LogP contribution in [0, 0.1) is 11.8 Å². The molecule has 0 aromatic carbocycles. The molecule has 6 heteroatoms. The largest absolute Gasteiger partial charge is 0.356 e. The summed E-state index contributed by atoms with van der Waals surface area (Å²) in [5.41, 5.74) is 0.0842. The van der Waals surface area contributed by atoms with Crippen LogP contribution in [0.25, 0.3) is 0 Å². The molecule has 1 aliphatic heterocycles. The highest BCUT2D eigenvalue weighted by Crippen LogP contribution is 2.35. The van der Waals surface area contributed by atoms with Crippen molar-refractivity contribution in [2.24, 2.45) is 16.8 Å². The summed E-state index contributed by atoms with van der Waals surface area (Å²) >= 11 is 0. The van der Waals surface area contributed by atoms with E-state index in [1.807, 2.05) is 19.3 Å². The fourth-order valence-corrected chi connectivity index (χ4v) is 4.16. The van der Waals surface area contributed by atoms with Gasteiger partial charge in [-0.15, -0.1) is 24.0 Å². The van der Waals surface area contributed by atoms with E-state index >= 15 is 0 Å². The van der Waals surface area contributed by atoms with Gasteiger partial charge in [-0.1, -0.05) is 18.9 Å². The maximum absolute atomic E-state index is 11.7. The lowest BCUT2D eigenvalue weighted by atomic mass is 9.82. The Hall–Kier alpha value is -1.05. The molecule has 1 saturated carbocycles. The average Bonchev–Trinajstić information content (AvgIpc) is 3.03. The predicted molar refractivity (Wildman–Crippen MR) is 114 cm³/mol. The zero-order valence-corrected chi connectivity index (χ0v) is 17.5. The van der Waals surface area contributed by atoms with E-state index in [1.165, 1.54) is 38.8 Å².